The lowest BCUT2D eigenvalue weighted by molar-refractivity contribution is 0.350. The van der Waals surface area contributed by atoms with E-state index < -0.39 is 0 Å². The molecule has 0 saturated heterocycles. The van der Waals surface area contributed by atoms with Gasteiger partial charge in [-0.15, -0.1) is 0 Å². The number of rotatable bonds is 4. The van der Waals surface area contributed by atoms with Crippen LogP contribution in [-0.4, -0.2) is 15.8 Å². The average molecular weight is 222 g/mol. The van der Waals surface area contributed by atoms with Crippen LogP contribution in [0.5, 0.6) is 0 Å². The predicted octanol–water partition coefficient (Wildman–Crippen LogP) is 1.23. The molecule has 1 aromatic rings. The zero-order chi connectivity index (χ0) is 11.5. The summed E-state index contributed by atoms with van der Waals surface area (Å²) in [6, 6.07) is 2.45. The molecular weight excluding hydrogens is 200 g/mol. The summed E-state index contributed by atoms with van der Waals surface area (Å²) in [5.74, 6) is 7.23. The van der Waals surface area contributed by atoms with Gasteiger partial charge in [0.25, 0.3) is 0 Å². The number of nitrogens with one attached hydrogen (secondary N) is 1. The first kappa shape index (κ1) is 11.6. The molecule has 4 heteroatoms. The maximum absolute atomic E-state index is 5.67. The third kappa shape index (κ3) is 2.62. The molecule has 1 aliphatic carbocycles. The minimum atomic E-state index is 0.375. The third-order valence-electron chi connectivity index (χ3n) is 3.72. The molecule has 3 unspecified atom stereocenters. The van der Waals surface area contributed by atoms with Crippen molar-refractivity contribution in [3.05, 3.63) is 18.0 Å². The molecule has 1 heterocycles. The minimum Gasteiger partial charge on any atom is -0.276 e. The van der Waals surface area contributed by atoms with Crippen LogP contribution in [0.2, 0.25) is 0 Å². The number of aromatic nitrogens is 2. The molecule has 90 valence electrons. The molecule has 0 bridgehead atoms. The van der Waals surface area contributed by atoms with Gasteiger partial charge in [-0.1, -0.05) is 13.3 Å². The van der Waals surface area contributed by atoms with Gasteiger partial charge < -0.3 is 0 Å². The van der Waals surface area contributed by atoms with Gasteiger partial charge in [0.1, 0.15) is 0 Å². The third-order valence-corrected chi connectivity index (χ3v) is 3.72. The summed E-state index contributed by atoms with van der Waals surface area (Å²) in [7, 11) is 1.95. The van der Waals surface area contributed by atoms with E-state index in [1.54, 1.807) is 0 Å². The Hall–Kier alpha value is -0.870. The standard InChI is InChI=1S/C12H22N4/c1-9-3-4-10(7-9)12(14-13)8-11-5-6-16(2)15-11/h5-6,9-10,12,14H,3-4,7-8,13H2,1-2H3. The van der Waals surface area contributed by atoms with E-state index in [2.05, 4.69) is 23.5 Å². The van der Waals surface area contributed by atoms with Gasteiger partial charge in [-0.2, -0.15) is 5.10 Å². The van der Waals surface area contributed by atoms with E-state index in [4.69, 9.17) is 5.84 Å². The molecule has 0 aliphatic heterocycles. The lowest BCUT2D eigenvalue weighted by Crippen LogP contribution is -2.41. The Morgan fingerprint density at radius 1 is 1.62 bits per heavy atom. The fourth-order valence-corrected chi connectivity index (χ4v) is 2.78. The quantitative estimate of drug-likeness (QED) is 0.595. The van der Waals surface area contributed by atoms with Crippen LogP contribution < -0.4 is 11.3 Å². The number of aryl methyl sites for hydroxylation is 1. The van der Waals surface area contributed by atoms with E-state index in [9.17, 15) is 0 Å². The number of nitrogens with zero attached hydrogens (tertiary/aromatic N) is 2. The largest absolute Gasteiger partial charge is 0.276 e. The first-order valence-corrected chi connectivity index (χ1v) is 6.13. The fourth-order valence-electron chi connectivity index (χ4n) is 2.78. The molecule has 1 aliphatic rings. The van der Waals surface area contributed by atoms with Crippen LogP contribution in [0.25, 0.3) is 0 Å². The van der Waals surface area contributed by atoms with Gasteiger partial charge in [0.2, 0.25) is 0 Å². The summed E-state index contributed by atoms with van der Waals surface area (Å²) >= 11 is 0. The number of hydrogen-bond donors (Lipinski definition) is 2. The summed E-state index contributed by atoms with van der Waals surface area (Å²) in [6.07, 6.45) is 6.85. The van der Waals surface area contributed by atoms with Gasteiger partial charge in [0.05, 0.1) is 5.69 Å². The van der Waals surface area contributed by atoms with E-state index in [-0.39, 0.29) is 0 Å². The van der Waals surface area contributed by atoms with Crippen LogP contribution in [0.3, 0.4) is 0 Å². The van der Waals surface area contributed by atoms with Crippen molar-refractivity contribution < 1.29 is 0 Å². The van der Waals surface area contributed by atoms with Crippen LogP contribution in [0.1, 0.15) is 31.9 Å². The van der Waals surface area contributed by atoms with Gasteiger partial charge >= 0.3 is 0 Å². The second kappa shape index (κ2) is 4.97. The molecule has 1 aromatic heterocycles. The average Bonchev–Trinajstić information content (AvgIpc) is 2.84. The topological polar surface area (TPSA) is 55.9 Å². The highest BCUT2D eigenvalue weighted by Crippen LogP contribution is 2.33. The highest BCUT2D eigenvalue weighted by molar-refractivity contribution is 5.02. The van der Waals surface area contributed by atoms with Crippen molar-refractivity contribution in [3.8, 4) is 0 Å². The second-order valence-electron chi connectivity index (χ2n) is 5.14. The molecule has 1 saturated carbocycles. The Morgan fingerprint density at radius 2 is 2.44 bits per heavy atom. The molecule has 1 fully saturated rings. The van der Waals surface area contributed by atoms with Crippen molar-refractivity contribution in [1.82, 2.24) is 15.2 Å². The predicted molar refractivity (Wildman–Crippen MR) is 64.5 cm³/mol. The SMILES string of the molecule is CC1CCC(C(Cc2ccn(C)n2)NN)C1. The first-order valence-electron chi connectivity index (χ1n) is 6.13. The summed E-state index contributed by atoms with van der Waals surface area (Å²) in [4.78, 5) is 0. The monoisotopic (exact) mass is 222 g/mol. The maximum atomic E-state index is 5.67. The Kier molecular flexibility index (Phi) is 3.61. The summed E-state index contributed by atoms with van der Waals surface area (Å²) in [5.41, 5.74) is 4.10. The van der Waals surface area contributed by atoms with E-state index in [0.717, 1.165) is 18.0 Å². The van der Waals surface area contributed by atoms with E-state index in [1.165, 1.54) is 19.3 Å². The van der Waals surface area contributed by atoms with Crippen LogP contribution in [0.15, 0.2) is 12.3 Å². The molecule has 0 radical (unpaired) electrons. The van der Waals surface area contributed by atoms with Crippen LogP contribution in [0.4, 0.5) is 0 Å². The Labute approximate surface area is 97.2 Å². The van der Waals surface area contributed by atoms with Crippen LogP contribution >= 0.6 is 0 Å². The molecule has 0 spiro atoms. The maximum Gasteiger partial charge on any atom is 0.0640 e. The Bertz CT molecular complexity index is 334. The number of hydrazine groups is 1. The number of nitrogens with two attached hydrogens (primary N) is 1. The first-order chi connectivity index (χ1) is 7.69. The minimum absolute atomic E-state index is 0.375. The Morgan fingerprint density at radius 3 is 2.94 bits per heavy atom. The van der Waals surface area contributed by atoms with Crippen molar-refractivity contribution in [1.29, 1.82) is 0 Å². The Balaban J connectivity index is 1.95. The molecular formula is C12H22N4. The van der Waals surface area contributed by atoms with Crippen LogP contribution in [-0.2, 0) is 13.5 Å². The highest BCUT2D eigenvalue weighted by Gasteiger charge is 2.28. The van der Waals surface area contributed by atoms with Crippen molar-refractivity contribution in [3.63, 3.8) is 0 Å². The van der Waals surface area contributed by atoms with Gasteiger partial charge in [-0.25, -0.2) is 0 Å². The normalized spacial score (nSPS) is 27.2. The summed E-state index contributed by atoms with van der Waals surface area (Å²) in [5, 5.41) is 4.41. The van der Waals surface area contributed by atoms with Gasteiger partial charge in [0.15, 0.2) is 0 Å². The zero-order valence-corrected chi connectivity index (χ0v) is 10.2. The van der Waals surface area contributed by atoms with Crippen molar-refractivity contribution in [2.45, 2.75) is 38.6 Å². The van der Waals surface area contributed by atoms with Crippen molar-refractivity contribution in [2.24, 2.45) is 24.7 Å². The van der Waals surface area contributed by atoms with E-state index in [1.807, 2.05) is 17.9 Å². The van der Waals surface area contributed by atoms with Crippen molar-refractivity contribution in [2.75, 3.05) is 0 Å². The lowest BCUT2D eigenvalue weighted by atomic mass is 9.94. The molecule has 0 amide bonds. The molecule has 3 N–H and O–H groups in total. The van der Waals surface area contributed by atoms with Gasteiger partial charge in [-0.3, -0.25) is 16.0 Å². The zero-order valence-electron chi connectivity index (χ0n) is 10.2. The fraction of sp³-hybridized carbons (Fsp3) is 0.750. The molecule has 16 heavy (non-hydrogen) atoms. The van der Waals surface area contributed by atoms with Crippen LogP contribution in [0, 0.1) is 11.8 Å². The van der Waals surface area contributed by atoms with Gasteiger partial charge in [-0.05, 0) is 30.7 Å². The smallest absolute Gasteiger partial charge is 0.0640 e. The molecule has 0 aromatic carbocycles. The lowest BCUT2D eigenvalue weighted by Gasteiger charge is -2.21. The van der Waals surface area contributed by atoms with Crippen molar-refractivity contribution >= 4 is 0 Å². The summed E-state index contributed by atoms with van der Waals surface area (Å²) in [6.45, 7) is 2.33. The van der Waals surface area contributed by atoms with E-state index in [0.29, 0.717) is 12.0 Å². The summed E-state index contributed by atoms with van der Waals surface area (Å²) < 4.78 is 1.85. The molecule has 2 rings (SSSR count). The van der Waals surface area contributed by atoms with E-state index >= 15 is 0 Å². The highest BCUT2D eigenvalue weighted by atomic mass is 15.3. The number of hydrogen-bond acceptors (Lipinski definition) is 3. The van der Waals surface area contributed by atoms with Gasteiger partial charge in [0, 0.05) is 25.7 Å². The second-order valence-corrected chi connectivity index (χ2v) is 5.14. The molecule has 3 atom stereocenters. The molecule has 4 nitrogen and oxygen atoms in total.